The molecule has 4 unspecified atom stereocenters. The molecule has 66 heavy (non-hydrogen) atoms. The second kappa shape index (κ2) is 48.1. The molecular weight excluding hydrogens is 848 g/mol. The first-order chi connectivity index (χ1) is 32.0. The summed E-state index contributed by atoms with van der Waals surface area (Å²) in [5.41, 5.74) is 0. The summed E-state index contributed by atoms with van der Waals surface area (Å²) in [6.45, 7) is 11.9. The summed E-state index contributed by atoms with van der Waals surface area (Å²) in [5.74, 6) is 0.0460. The molecule has 0 rings (SSSR count). The van der Waals surface area contributed by atoms with Gasteiger partial charge in [-0.25, -0.2) is 0 Å². The van der Waals surface area contributed by atoms with Crippen LogP contribution in [0, 0.1) is 0 Å². The third kappa shape index (κ3) is 47.1. The summed E-state index contributed by atoms with van der Waals surface area (Å²) >= 11 is 0. The number of carbonyl (C=O) groups is 4. The molecule has 0 aliphatic heterocycles. The highest BCUT2D eigenvalue weighted by Crippen LogP contribution is 2.25. The Balaban J connectivity index is 3.85. The Hall–Kier alpha value is -1.97. The van der Waals surface area contributed by atoms with Crippen LogP contribution < -0.4 is 21.3 Å². The van der Waals surface area contributed by atoms with E-state index in [9.17, 15) is 23.7 Å². The Morgan fingerprint density at radius 2 is 0.530 bits per heavy atom. The first-order valence-corrected chi connectivity index (χ1v) is 29.1. The van der Waals surface area contributed by atoms with E-state index in [-0.39, 0.29) is 47.8 Å². The van der Waals surface area contributed by atoms with Gasteiger partial charge in [-0.3, -0.25) is 23.7 Å². The van der Waals surface area contributed by atoms with Crippen molar-refractivity contribution < 1.29 is 32.8 Å². The van der Waals surface area contributed by atoms with Crippen LogP contribution >= 0.6 is 8.25 Å². The number of carbonyl (C=O) groups excluding carboxylic acids is 4. The van der Waals surface area contributed by atoms with Gasteiger partial charge in [-0.2, -0.15) is 0 Å². The Kier molecular flexibility index (Phi) is 46.6. The molecule has 0 saturated heterocycles. The standard InChI is InChI=1S/C54H107N4O7P/c1-7-9-11-13-27-33-39-51(55-47(3)59)45-53(57-49(5)61)41-35-29-23-19-15-17-21-25-31-37-43-64-66(63)65-44-38-32-26-22-18-16-20-24-30-36-42-54(58-50(6)62)46-52(56-48(4)60)40-34-28-14-12-10-8-2/h51-54,66H,7-46H2,1-6H3,(H,55,59)(H,56,60)(H,57,61)(H,58,62). The second-order valence-corrected chi connectivity index (χ2v) is 20.8. The molecule has 0 aromatic rings. The fraction of sp³-hybridized carbons (Fsp3) is 0.926. The fourth-order valence-corrected chi connectivity index (χ4v) is 10.0. The summed E-state index contributed by atoms with van der Waals surface area (Å²) in [6, 6.07) is 0.471. The van der Waals surface area contributed by atoms with Crippen LogP contribution in [0.4, 0.5) is 0 Å². The molecule has 0 radical (unpaired) electrons. The average molecular weight is 955 g/mol. The molecule has 0 aliphatic carbocycles. The molecule has 4 N–H and O–H groups in total. The number of hydrogen-bond donors (Lipinski definition) is 4. The summed E-state index contributed by atoms with van der Waals surface area (Å²) in [4.78, 5) is 47.6. The molecule has 0 aromatic heterocycles. The zero-order chi connectivity index (χ0) is 48.7. The first kappa shape index (κ1) is 64.0. The van der Waals surface area contributed by atoms with E-state index in [0.717, 1.165) is 89.9 Å². The molecule has 12 heteroatoms. The van der Waals surface area contributed by atoms with Crippen LogP contribution in [0.1, 0.15) is 286 Å². The summed E-state index contributed by atoms with van der Waals surface area (Å²) in [5, 5.41) is 12.6. The molecule has 0 spiro atoms. The Labute approximate surface area is 407 Å². The van der Waals surface area contributed by atoms with Gasteiger partial charge < -0.3 is 30.3 Å². The summed E-state index contributed by atoms with van der Waals surface area (Å²) < 4.78 is 23.1. The Morgan fingerprint density at radius 1 is 0.333 bits per heavy atom. The van der Waals surface area contributed by atoms with Gasteiger partial charge in [0.25, 0.3) is 0 Å². The van der Waals surface area contributed by atoms with Crippen LogP contribution in [0.3, 0.4) is 0 Å². The molecule has 4 amide bonds. The van der Waals surface area contributed by atoms with Gasteiger partial charge in [-0.05, 0) is 51.4 Å². The smallest absolute Gasteiger partial charge is 0.319 e. The largest absolute Gasteiger partial charge is 0.354 e. The summed E-state index contributed by atoms with van der Waals surface area (Å²) in [6.07, 6.45) is 43.7. The maximum atomic E-state index is 12.2. The van der Waals surface area contributed by atoms with Crippen LogP contribution in [0.2, 0.25) is 0 Å². The van der Waals surface area contributed by atoms with E-state index in [4.69, 9.17) is 9.05 Å². The molecule has 0 saturated carbocycles. The van der Waals surface area contributed by atoms with Gasteiger partial charge in [-0.15, -0.1) is 0 Å². The van der Waals surface area contributed by atoms with Gasteiger partial charge in [0.2, 0.25) is 23.6 Å². The predicted octanol–water partition coefficient (Wildman–Crippen LogP) is 14.3. The van der Waals surface area contributed by atoms with Gasteiger partial charge in [0.15, 0.2) is 0 Å². The van der Waals surface area contributed by atoms with Gasteiger partial charge in [0.05, 0.1) is 13.2 Å². The molecule has 0 fully saturated rings. The van der Waals surface area contributed by atoms with E-state index in [0.29, 0.717) is 13.2 Å². The maximum absolute atomic E-state index is 12.2. The van der Waals surface area contributed by atoms with E-state index < -0.39 is 8.25 Å². The number of unbranched alkanes of at least 4 members (excludes halogenated alkanes) is 28. The van der Waals surface area contributed by atoms with Gasteiger partial charge in [0, 0.05) is 51.9 Å². The third-order valence-corrected chi connectivity index (χ3v) is 13.8. The fourth-order valence-electron chi connectivity index (χ4n) is 9.34. The highest BCUT2D eigenvalue weighted by atomic mass is 31.1. The first-order valence-electron chi connectivity index (χ1n) is 27.8. The van der Waals surface area contributed by atoms with Crippen LogP contribution in [0.5, 0.6) is 0 Å². The lowest BCUT2D eigenvalue weighted by Crippen LogP contribution is -2.42. The minimum atomic E-state index is -2.40. The molecule has 11 nitrogen and oxygen atoms in total. The second-order valence-electron chi connectivity index (χ2n) is 19.8. The van der Waals surface area contributed by atoms with Crippen molar-refractivity contribution in [1.29, 1.82) is 0 Å². The monoisotopic (exact) mass is 955 g/mol. The SMILES string of the molecule is CCCCCCCCC(CC(CCCCCCCCCCCCO[PH](=O)OCCCCCCCCCCCCC(CC(CCCCCCCC)NC(C)=O)NC(C)=O)NC(C)=O)NC(C)=O. The Bertz CT molecular complexity index is 1090. The quantitative estimate of drug-likeness (QED) is 0.0350. The number of rotatable bonds is 50. The molecular formula is C54H107N4O7P. The molecule has 0 heterocycles. The normalized spacial score (nSPS) is 13.7. The highest BCUT2D eigenvalue weighted by molar-refractivity contribution is 7.33. The van der Waals surface area contributed by atoms with Crippen molar-refractivity contribution in [2.24, 2.45) is 0 Å². The minimum absolute atomic E-state index is 0.00973. The van der Waals surface area contributed by atoms with Gasteiger partial charge in [0.1, 0.15) is 0 Å². The highest BCUT2D eigenvalue weighted by Gasteiger charge is 2.20. The molecule has 0 aromatic carbocycles. The van der Waals surface area contributed by atoms with Crippen LogP contribution in [-0.4, -0.2) is 61.0 Å². The maximum Gasteiger partial charge on any atom is 0.319 e. The lowest BCUT2D eigenvalue weighted by molar-refractivity contribution is -0.121. The Morgan fingerprint density at radius 3 is 0.742 bits per heavy atom. The topological polar surface area (TPSA) is 152 Å². The zero-order valence-electron chi connectivity index (χ0n) is 44.0. The predicted molar refractivity (Wildman–Crippen MR) is 278 cm³/mol. The zero-order valence-corrected chi connectivity index (χ0v) is 45.0. The van der Waals surface area contributed by atoms with Crippen molar-refractivity contribution in [1.82, 2.24) is 21.3 Å². The van der Waals surface area contributed by atoms with Crippen molar-refractivity contribution in [3.63, 3.8) is 0 Å². The number of hydrogen-bond acceptors (Lipinski definition) is 7. The van der Waals surface area contributed by atoms with Gasteiger partial charge >= 0.3 is 8.25 Å². The van der Waals surface area contributed by atoms with Crippen LogP contribution in [-0.2, 0) is 32.8 Å². The van der Waals surface area contributed by atoms with Crippen molar-refractivity contribution in [2.75, 3.05) is 13.2 Å². The number of nitrogens with one attached hydrogen (secondary N) is 4. The number of amides is 4. The molecule has 4 atom stereocenters. The lowest BCUT2D eigenvalue weighted by Gasteiger charge is -2.25. The van der Waals surface area contributed by atoms with E-state index in [1.54, 1.807) is 27.7 Å². The average Bonchev–Trinajstić information content (AvgIpc) is 3.25. The molecule has 0 bridgehead atoms. The van der Waals surface area contributed by atoms with Crippen molar-refractivity contribution in [3.8, 4) is 0 Å². The van der Waals surface area contributed by atoms with E-state index >= 15 is 0 Å². The van der Waals surface area contributed by atoms with E-state index in [2.05, 4.69) is 35.1 Å². The lowest BCUT2D eigenvalue weighted by atomic mass is 9.96. The van der Waals surface area contributed by atoms with Crippen LogP contribution in [0.25, 0.3) is 0 Å². The van der Waals surface area contributed by atoms with Gasteiger partial charge in [-0.1, -0.05) is 206 Å². The van der Waals surface area contributed by atoms with E-state index in [1.165, 1.54) is 154 Å². The third-order valence-electron chi connectivity index (χ3n) is 12.9. The van der Waals surface area contributed by atoms with Crippen molar-refractivity contribution in [2.45, 2.75) is 310 Å². The van der Waals surface area contributed by atoms with Crippen molar-refractivity contribution in [3.05, 3.63) is 0 Å². The molecule has 0 aliphatic rings. The van der Waals surface area contributed by atoms with Crippen LogP contribution in [0.15, 0.2) is 0 Å². The minimum Gasteiger partial charge on any atom is -0.354 e. The summed E-state index contributed by atoms with van der Waals surface area (Å²) in [7, 11) is -2.40. The van der Waals surface area contributed by atoms with E-state index in [1.807, 2.05) is 0 Å². The van der Waals surface area contributed by atoms with Crippen molar-refractivity contribution >= 4 is 31.9 Å². The molecule has 390 valence electrons.